The molecule has 0 N–H and O–H groups in total. The number of benzene rings is 9. The summed E-state index contributed by atoms with van der Waals surface area (Å²) in [6.07, 6.45) is 0. The average Bonchev–Trinajstić information content (AvgIpc) is 3.91. The number of rotatable bonds is 4. The van der Waals surface area contributed by atoms with Crippen LogP contribution in [0.1, 0.15) is 0 Å². The summed E-state index contributed by atoms with van der Waals surface area (Å²) in [4.78, 5) is 0. The highest BCUT2D eigenvalue weighted by Crippen LogP contribution is 2.43. The van der Waals surface area contributed by atoms with E-state index in [1.807, 2.05) is 11.3 Å². The van der Waals surface area contributed by atoms with Crippen molar-refractivity contribution in [1.29, 1.82) is 0 Å². The number of aromatic nitrogens is 2. The van der Waals surface area contributed by atoms with E-state index in [4.69, 9.17) is 0 Å². The number of thiophene rings is 1. The molecule has 2 nitrogen and oxygen atoms in total. The standard InChI is InChI=1S/C52H32N2S/c1-2-14-37(15-3-1)53-46-20-8-6-17-40(46)42-30-34(24-27-47(42)53)35-25-28-48-43(31-35)44-32-36(39-19-11-23-51-52(39)41-18-7-9-22-50(41)55-51)26-29-49(44)54(48)45-21-10-13-33-12-4-5-16-38(33)45/h1-32H. The second kappa shape index (κ2) is 11.8. The summed E-state index contributed by atoms with van der Waals surface area (Å²) in [6.45, 7) is 0. The molecule has 9 aromatic carbocycles. The van der Waals surface area contributed by atoms with Crippen LogP contribution >= 0.6 is 11.3 Å². The Hall–Kier alpha value is -6.94. The van der Waals surface area contributed by atoms with Gasteiger partial charge in [0, 0.05) is 52.8 Å². The van der Waals surface area contributed by atoms with E-state index in [1.54, 1.807) is 0 Å². The molecule has 0 amide bonds. The summed E-state index contributed by atoms with van der Waals surface area (Å²) in [6, 6.07) is 71.5. The van der Waals surface area contributed by atoms with Crippen LogP contribution in [0.15, 0.2) is 194 Å². The highest BCUT2D eigenvalue weighted by molar-refractivity contribution is 7.25. The van der Waals surface area contributed by atoms with Gasteiger partial charge in [0.2, 0.25) is 0 Å². The van der Waals surface area contributed by atoms with Gasteiger partial charge in [0.05, 0.1) is 27.8 Å². The number of nitrogens with zero attached hydrogens (tertiary/aromatic N) is 2. The number of hydrogen-bond acceptors (Lipinski definition) is 1. The summed E-state index contributed by atoms with van der Waals surface area (Å²) in [7, 11) is 0. The molecule has 0 aliphatic heterocycles. The van der Waals surface area contributed by atoms with Crippen molar-refractivity contribution in [2.24, 2.45) is 0 Å². The molecule has 256 valence electrons. The van der Waals surface area contributed by atoms with Gasteiger partial charge in [-0.2, -0.15) is 0 Å². The van der Waals surface area contributed by atoms with Crippen molar-refractivity contribution in [2.45, 2.75) is 0 Å². The van der Waals surface area contributed by atoms with Gasteiger partial charge in [0.25, 0.3) is 0 Å². The Kier molecular flexibility index (Phi) is 6.54. The van der Waals surface area contributed by atoms with Crippen molar-refractivity contribution in [1.82, 2.24) is 9.13 Å². The lowest BCUT2D eigenvalue weighted by Gasteiger charge is -2.12. The van der Waals surface area contributed by atoms with Crippen molar-refractivity contribution in [3.05, 3.63) is 194 Å². The molecule has 0 saturated carbocycles. The third-order valence-corrected chi connectivity index (χ3v) is 12.6. The van der Waals surface area contributed by atoms with Gasteiger partial charge in [-0.05, 0) is 100 Å². The zero-order chi connectivity index (χ0) is 36.0. The van der Waals surface area contributed by atoms with E-state index >= 15 is 0 Å². The molecule has 3 aromatic heterocycles. The molecule has 3 heteroatoms. The molecule has 0 spiro atoms. The highest BCUT2D eigenvalue weighted by Gasteiger charge is 2.19. The van der Waals surface area contributed by atoms with E-state index in [1.165, 1.54) is 108 Å². The van der Waals surface area contributed by atoms with Crippen LogP contribution < -0.4 is 0 Å². The maximum atomic E-state index is 2.47. The summed E-state index contributed by atoms with van der Waals surface area (Å²) in [5.41, 5.74) is 12.1. The fourth-order valence-electron chi connectivity index (χ4n) is 9.06. The lowest BCUT2D eigenvalue weighted by atomic mass is 9.97. The molecule has 0 atom stereocenters. The number of hydrogen-bond donors (Lipinski definition) is 0. The Balaban J connectivity index is 1.12. The van der Waals surface area contributed by atoms with Crippen LogP contribution in [0, 0.1) is 0 Å². The second-order valence-electron chi connectivity index (χ2n) is 14.5. The van der Waals surface area contributed by atoms with Gasteiger partial charge < -0.3 is 9.13 Å². The van der Waals surface area contributed by atoms with Crippen LogP contribution in [-0.4, -0.2) is 9.13 Å². The second-order valence-corrected chi connectivity index (χ2v) is 15.6. The van der Waals surface area contributed by atoms with Crippen LogP contribution in [-0.2, 0) is 0 Å². The lowest BCUT2D eigenvalue weighted by Crippen LogP contribution is -1.95. The fourth-order valence-corrected chi connectivity index (χ4v) is 10.2. The summed E-state index contributed by atoms with van der Waals surface area (Å²) >= 11 is 1.87. The average molecular weight is 717 g/mol. The zero-order valence-corrected chi connectivity index (χ0v) is 30.6. The summed E-state index contributed by atoms with van der Waals surface area (Å²) in [5.74, 6) is 0. The van der Waals surface area contributed by atoms with E-state index in [0.717, 1.165) is 0 Å². The topological polar surface area (TPSA) is 9.86 Å². The Morgan fingerprint density at radius 1 is 0.327 bits per heavy atom. The third-order valence-electron chi connectivity index (χ3n) is 11.5. The van der Waals surface area contributed by atoms with Gasteiger partial charge in [-0.25, -0.2) is 0 Å². The molecule has 55 heavy (non-hydrogen) atoms. The first-order valence-corrected chi connectivity index (χ1v) is 19.7. The van der Waals surface area contributed by atoms with Crippen molar-refractivity contribution >= 4 is 85.9 Å². The monoisotopic (exact) mass is 716 g/mol. The molecule has 12 rings (SSSR count). The molecule has 0 unspecified atom stereocenters. The predicted octanol–water partition coefficient (Wildman–Crippen LogP) is 14.7. The van der Waals surface area contributed by atoms with Gasteiger partial charge in [-0.1, -0.05) is 121 Å². The quantitative estimate of drug-likeness (QED) is 0.172. The molecular weight excluding hydrogens is 685 g/mol. The summed E-state index contributed by atoms with van der Waals surface area (Å²) < 4.78 is 7.50. The van der Waals surface area contributed by atoms with Crippen LogP contribution in [0.4, 0.5) is 0 Å². The molecular formula is C52H32N2S. The van der Waals surface area contributed by atoms with Gasteiger partial charge in [-0.3, -0.25) is 0 Å². The van der Waals surface area contributed by atoms with E-state index in [9.17, 15) is 0 Å². The minimum atomic E-state index is 1.17. The maximum Gasteiger partial charge on any atom is 0.0541 e. The van der Waals surface area contributed by atoms with Crippen LogP contribution in [0.3, 0.4) is 0 Å². The highest BCUT2D eigenvalue weighted by atomic mass is 32.1. The maximum absolute atomic E-state index is 2.47. The van der Waals surface area contributed by atoms with Crippen LogP contribution in [0.5, 0.6) is 0 Å². The Bertz CT molecular complexity index is 3480. The van der Waals surface area contributed by atoms with Crippen LogP contribution in [0.2, 0.25) is 0 Å². The first kappa shape index (κ1) is 30.5. The minimum Gasteiger partial charge on any atom is -0.309 e. The largest absolute Gasteiger partial charge is 0.309 e. The van der Waals surface area contributed by atoms with Gasteiger partial charge in [0.15, 0.2) is 0 Å². The Morgan fingerprint density at radius 2 is 0.873 bits per heavy atom. The van der Waals surface area contributed by atoms with Gasteiger partial charge in [-0.15, -0.1) is 11.3 Å². The normalized spacial score (nSPS) is 12.0. The first-order chi connectivity index (χ1) is 27.3. The third kappa shape index (κ3) is 4.54. The summed E-state index contributed by atoms with van der Waals surface area (Å²) in [5, 5.41) is 10.2. The number of para-hydroxylation sites is 2. The van der Waals surface area contributed by atoms with Crippen molar-refractivity contribution in [3.8, 4) is 33.6 Å². The predicted molar refractivity (Wildman–Crippen MR) is 236 cm³/mol. The molecule has 0 radical (unpaired) electrons. The Labute approximate surface area is 321 Å². The van der Waals surface area contributed by atoms with E-state index < -0.39 is 0 Å². The molecule has 0 aliphatic rings. The molecule has 3 heterocycles. The van der Waals surface area contributed by atoms with E-state index in [2.05, 4.69) is 203 Å². The van der Waals surface area contributed by atoms with Crippen molar-refractivity contribution in [3.63, 3.8) is 0 Å². The smallest absolute Gasteiger partial charge is 0.0541 e. The molecule has 0 aliphatic carbocycles. The molecule has 12 aromatic rings. The first-order valence-electron chi connectivity index (χ1n) is 18.8. The molecule has 0 bridgehead atoms. The molecule has 0 saturated heterocycles. The Morgan fingerprint density at radius 3 is 1.67 bits per heavy atom. The fraction of sp³-hybridized carbons (Fsp3) is 0. The van der Waals surface area contributed by atoms with Gasteiger partial charge >= 0.3 is 0 Å². The minimum absolute atomic E-state index is 1.17. The SMILES string of the molecule is c1ccc(-n2c3ccccc3c3cc(-c4ccc5c(c4)c4cc(-c6cccc7sc8ccccc8c67)ccc4n5-c4cccc5ccccc45)ccc32)cc1. The van der Waals surface area contributed by atoms with Crippen LogP contribution in [0.25, 0.3) is 108 Å². The van der Waals surface area contributed by atoms with Crippen molar-refractivity contribution in [2.75, 3.05) is 0 Å². The lowest BCUT2D eigenvalue weighted by molar-refractivity contribution is 1.18. The van der Waals surface area contributed by atoms with E-state index in [0.29, 0.717) is 0 Å². The van der Waals surface area contributed by atoms with Crippen molar-refractivity contribution < 1.29 is 0 Å². The molecule has 0 fully saturated rings. The van der Waals surface area contributed by atoms with E-state index in [-0.39, 0.29) is 0 Å². The zero-order valence-electron chi connectivity index (χ0n) is 29.8. The number of fused-ring (bicyclic) bond motifs is 10. The van der Waals surface area contributed by atoms with Gasteiger partial charge in [0.1, 0.15) is 0 Å².